The maximum Gasteiger partial charge on any atom is 0.316 e. The van der Waals surface area contributed by atoms with E-state index in [2.05, 4.69) is 20.8 Å². The highest BCUT2D eigenvalue weighted by Crippen LogP contribution is 2.66. The molecule has 8 nitrogen and oxygen atoms in total. The van der Waals surface area contributed by atoms with Gasteiger partial charge in [-0.05, 0) is 50.9 Å². The number of hydrogen-bond donors (Lipinski definition) is 0. The fourth-order valence-corrected chi connectivity index (χ4v) is 8.90. The summed E-state index contributed by atoms with van der Waals surface area (Å²) in [5, 5.41) is 0. The van der Waals surface area contributed by atoms with Gasteiger partial charge < -0.3 is 23.7 Å². The number of rotatable bonds is 0. The molecule has 2 saturated carbocycles. The number of Topliss-reactive ketones (excluding diaryl/α,β-unsaturated/α-hetero) is 2. The normalized spacial score (nSPS) is 60.5. The van der Waals surface area contributed by atoms with Crippen molar-refractivity contribution in [2.24, 2.45) is 41.4 Å². The van der Waals surface area contributed by atoms with Crippen LogP contribution in [-0.2, 0) is 38.1 Å². The van der Waals surface area contributed by atoms with Crippen LogP contribution in [0.2, 0.25) is 0 Å². The number of ketones is 2. The van der Waals surface area contributed by atoms with Gasteiger partial charge in [0.1, 0.15) is 30.3 Å². The minimum atomic E-state index is -2.38. The Labute approximate surface area is 219 Å². The molecule has 198 valence electrons. The van der Waals surface area contributed by atoms with Crippen molar-refractivity contribution in [3.63, 3.8) is 0 Å². The highest BCUT2D eigenvalue weighted by Gasteiger charge is 2.75. The van der Waals surface area contributed by atoms with Crippen LogP contribution in [0.25, 0.3) is 0 Å². The molecule has 0 amide bonds. The number of fused-ring (bicyclic) bond motifs is 10. The smallest absolute Gasteiger partial charge is 0.316 e. The lowest BCUT2D eigenvalue weighted by Gasteiger charge is -2.48. The van der Waals surface area contributed by atoms with E-state index in [1.54, 1.807) is 6.92 Å². The van der Waals surface area contributed by atoms with Crippen LogP contribution in [0, 0.1) is 41.4 Å². The zero-order chi connectivity index (χ0) is 25.6. The Balaban J connectivity index is 1.30. The zero-order valence-corrected chi connectivity index (χ0v) is 22.4. The van der Waals surface area contributed by atoms with Gasteiger partial charge in [-0.2, -0.15) is 0 Å². The SMILES string of the molecule is C[C@@H]1C(=O)O[C@@H](C)C2OC2C2OC2[C@@H](C)[C@@H]2C3OC3[C@@H]3C[C@@]4(C)O[C@H]4[C@@H](C)C3C2C(=O)C(Cl)(Cl)C1=O. The van der Waals surface area contributed by atoms with Crippen molar-refractivity contribution in [3.05, 3.63) is 0 Å². The third-order valence-corrected chi connectivity index (χ3v) is 11.1. The molecule has 7 rings (SSSR count). The molecule has 10 heteroatoms. The van der Waals surface area contributed by atoms with Gasteiger partial charge in [0.15, 0.2) is 11.6 Å². The molecule has 0 spiro atoms. The van der Waals surface area contributed by atoms with E-state index in [1.165, 1.54) is 6.92 Å². The Kier molecular flexibility index (Phi) is 5.03. The summed E-state index contributed by atoms with van der Waals surface area (Å²) in [4.78, 5) is 40.6. The highest BCUT2D eigenvalue weighted by atomic mass is 35.5. The van der Waals surface area contributed by atoms with Crippen molar-refractivity contribution in [2.45, 2.75) is 99.8 Å². The van der Waals surface area contributed by atoms with Crippen LogP contribution < -0.4 is 0 Å². The second-order valence-electron chi connectivity index (χ2n) is 12.5. The van der Waals surface area contributed by atoms with Gasteiger partial charge in [0.25, 0.3) is 0 Å². The van der Waals surface area contributed by atoms with Crippen LogP contribution in [0.1, 0.15) is 41.0 Å². The maximum atomic E-state index is 14.3. The van der Waals surface area contributed by atoms with Crippen LogP contribution in [0.5, 0.6) is 0 Å². The zero-order valence-electron chi connectivity index (χ0n) is 20.9. The monoisotopic (exact) mass is 542 g/mol. The Hall–Kier alpha value is -0.770. The van der Waals surface area contributed by atoms with Gasteiger partial charge in [0, 0.05) is 11.8 Å². The molecule has 5 aliphatic heterocycles. The van der Waals surface area contributed by atoms with Crippen molar-refractivity contribution in [3.8, 4) is 0 Å². The van der Waals surface area contributed by atoms with Gasteiger partial charge in [-0.15, -0.1) is 0 Å². The van der Waals surface area contributed by atoms with Gasteiger partial charge in [0.05, 0.1) is 30.0 Å². The standard InChI is InChI=1S/C26H32Cl2O8/c1-7-13-14(12-8(2)23-25(5,36-23)6-11(12)17-18(13)35-17)22(30)26(27,28)21(29)9(3)24(31)32-10(4)16-20(34-16)19-15(7)33-19/h7-20,23H,6H2,1-5H3/t7-,8-,9-,10-,11+,12?,13-,14?,15?,16?,17?,18?,19?,20?,23-,25+/m0/s1. The van der Waals surface area contributed by atoms with Gasteiger partial charge in [-0.1, -0.05) is 37.0 Å². The number of carbonyl (C=O) groups excluding carboxylic acids is 3. The highest BCUT2D eigenvalue weighted by molar-refractivity contribution is 6.68. The van der Waals surface area contributed by atoms with E-state index < -0.39 is 39.8 Å². The Bertz CT molecular complexity index is 1050. The molecule has 7 aliphatic rings. The number of cyclic esters (lactones) is 1. The van der Waals surface area contributed by atoms with Crippen molar-refractivity contribution >= 4 is 40.7 Å². The molecule has 7 fully saturated rings. The van der Waals surface area contributed by atoms with Gasteiger partial charge in [0.2, 0.25) is 4.33 Å². The maximum absolute atomic E-state index is 14.3. The number of ether oxygens (including phenoxy) is 5. The first-order valence-electron chi connectivity index (χ1n) is 13.2. The van der Waals surface area contributed by atoms with E-state index in [4.69, 9.17) is 46.9 Å². The first kappa shape index (κ1) is 24.3. The molecular weight excluding hydrogens is 511 g/mol. The third-order valence-electron chi connectivity index (χ3n) is 10.4. The molecule has 2 aliphatic carbocycles. The molecule has 0 aromatic heterocycles. The summed E-state index contributed by atoms with van der Waals surface area (Å²) in [6.45, 7) is 9.43. The van der Waals surface area contributed by atoms with E-state index in [1.807, 2.05) is 0 Å². The molecule has 5 heterocycles. The molecule has 0 N–H and O–H groups in total. The van der Waals surface area contributed by atoms with Crippen LogP contribution in [-0.4, -0.2) is 76.3 Å². The molecular formula is C26H32Cl2O8. The van der Waals surface area contributed by atoms with Crippen molar-refractivity contribution < 1.29 is 38.1 Å². The second kappa shape index (κ2) is 7.45. The molecule has 0 radical (unpaired) electrons. The van der Waals surface area contributed by atoms with Gasteiger partial charge in [-0.3, -0.25) is 14.4 Å². The van der Waals surface area contributed by atoms with Crippen LogP contribution in [0.15, 0.2) is 0 Å². The Morgan fingerprint density at radius 2 is 1.42 bits per heavy atom. The van der Waals surface area contributed by atoms with Crippen LogP contribution in [0.4, 0.5) is 0 Å². The summed E-state index contributed by atoms with van der Waals surface area (Å²) in [5.74, 6) is -4.26. The first-order valence-corrected chi connectivity index (χ1v) is 13.9. The lowest BCUT2D eigenvalue weighted by molar-refractivity contribution is -0.156. The fourth-order valence-electron chi connectivity index (χ4n) is 8.32. The Morgan fingerprint density at radius 3 is 2.14 bits per heavy atom. The predicted molar refractivity (Wildman–Crippen MR) is 125 cm³/mol. The number of halogens is 2. The molecule has 16 atom stereocenters. The minimum Gasteiger partial charge on any atom is -0.459 e. The summed E-state index contributed by atoms with van der Waals surface area (Å²) in [7, 11) is 0. The van der Waals surface area contributed by atoms with Crippen LogP contribution >= 0.6 is 23.2 Å². The third kappa shape index (κ3) is 3.24. The lowest BCUT2D eigenvalue weighted by atomic mass is 9.53. The van der Waals surface area contributed by atoms with E-state index in [0.29, 0.717) is 0 Å². The average molecular weight is 543 g/mol. The molecule has 8 unspecified atom stereocenters. The van der Waals surface area contributed by atoms with Gasteiger partial charge >= 0.3 is 5.97 Å². The Morgan fingerprint density at radius 1 is 0.778 bits per heavy atom. The lowest BCUT2D eigenvalue weighted by Crippen LogP contribution is -2.58. The summed E-state index contributed by atoms with van der Waals surface area (Å²) >= 11 is 13.3. The topological polar surface area (TPSA) is 111 Å². The molecule has 36 heavy (non-hydrogen) atoms. The molecule has 0 aromatic carbocycles. The largest absolute Gasteiger partial charge is 0.459 e. The molecule has 5 saturated heterocycles. The molecule has 0 aromatic rings. The molecule has 0 bridgehead atoms. The first-order chi connectivity index (χ1) is 16.9. The number of hydrogen-bond acceptors (Lipinski definition) is 8. The second-order valence-corrected chi connectivity index (χ2v) is 13.8. The average Bonchev–Trinajstić information content (AvgIpc) is 3.62. The quantitative estimate of drug-likeness (QED) is 0.198. The van der Waals surface area contributed by atoms with Crippen molar-refractivity contribution in [1.82, 2.24) is 0 Å². The van der Waals surface area contributed by atoms with E-state index in [-0.39, 0.29) is 77.9 Å². The summed E-state index contributed by atoms with van der Waals surface area (Å²) in [6, 6.07) is 0. The number of alkyl halides is 2. The van der Waals surface area contributed by atoms with Gasteiger partial charge in [-0.25, -0.2) is 0 Å². The van der Waals surface area contributed by atoms with E-state index >= 15 is 0 Å². The fraction of sp³-hybridized carbons (Fsp3) is 0.885. The van der Waals surface area contributed by atoms with Crippen molar-refractivity contribution in [1.29, 1.82) is 0 Å². The number of esters is 1. The summed E-state index contributed by atoms with van der Waals surface area (Å²) < 4.78 is 27.4. The summed E-state index contributed by atoms with van der Waals surface area (Å²) in [5.41, 5.74) is -0.201. The minimum absolute atomic E-state index is 0.0390. The number of carbonyl (C=O) groups is 3. The van der Waals surface area contributed by atoms with E-state index in [0.717, 1.165) is 6.42 Å². The summed E-state index contributed by atoms with van der Waals surface area (Å²) in [6.07, 6.45) is -0.529. The van der Waals surface area contributed by atoms with Crippen LogP contribution in [0.3, 0.4) is 0 Å². The number of epoxide rings is 4. The van der Waals surface area contributed by atoms with Crippen molar-refractivity contribution in [2.75, 3.05) is 0 Å². The predicted octanol–water partition coefficient (Wildman–Crippen LogP) is 2.49. The van der Waals surface area contributed by atoms with E-state index in [9.17, 15) is 14.4 Å².